The predicted octanol–water partition coefficient (Wildman–Crippen LogP) is 2.26. The van der Waals surface area contributed by atoms with E-state index in [0.29, 0.717) is 12.8 Å². The van der Waals surface area contributed by atoms with Crippen LogP contribution in [-0.4, -0.2) is 47.7 Å². The molecule has 1 unspecified atom stereocenters. The Labute approximate surface area is 162 Å². The highest BCUT2D eigenvalue weighted by Gasteiger charge is 2.36. The SMILES string of the molecule is CC(OC(=O)NCC1(CC(=O)O)CCCCC1)OC(=O)C(C)(C)CO[N+](=O)[O-]. The van der Waals surface area contributed by atoms with Crippen LogP contribution < -0.4 is 5.32 Å². The maximum Gasteiger partial charge on any atom is 0.410 e. The van der Waals surface area contributed by atoms with Gasteiger partial charge in [-0.05, 0) is 32.1 Å². The monoisotopic (exact) mass is 404 g/mol. The number of alkyl carbamates (subject to hydrolysis) is 1. The van der Waals surface area contributed by atoms with Gasteiger partial charge in [-0.25, -0.2) is 4.79 Å². The number of carboxylic acids is 1. The highest BCUT2D eigenvalue weighted by molar-refractivity contribution is 5.76. The molecule has 1 rings (SSSR count). The summed E-state index contributed by atoms with van der Waals surface area (Å²) in [5.74, 6) is -1.75. The van der Waals surface area contributed by atoms with Crippen LogP contribution in [0.4, 0.5) is 4.79 Å². The van der Waals surface area contributed by atoms with E-state index in [1.165, 1.54) is 20.8 Å². The maximum atomic E-state index is 12.0. The predicted molar refractivity (Wildman–Crippen MR) is 94.5 cm³/mol. The van der Waals surface area contributed by atoms with E-state index >= 15 is 0 Å². The summed E-state index contributed by atoms with van der Waals surface area (Å²) in [5, 5.41) is 20.9. The average molecular weight is 404 g/mol. The highest BCUT2D eigenvalue weighted by Crippen LogP contribution is 2.38. The zero-order chi connectivity index (χ0) is 21.4. The first kappa shape index (κ1) is 23.4. The molecule has 0 aromatic rings. The van der Waals surface area contributed by atoms with E-state index in [-0.39, 0.29) is 13.0 Å². The minimum Gasteiger partial charge on any atom is -0.481 e. The lowest BCUT2D eigenvalue weighted by molar-refractivity contribution is -0.760. The average Bonchev–Trinajstić information content (AvgIpc) is 2.58. The van der Waals surface area contributed by atoms with Gasteiger partial charge in [0.05, 0.1) is 11.8 Å². The third-order valence-electron chi connectivity index (χ3n) is 4.68. The van der Waals surface area contributed by atoms with Crippen molar-refractivity contribution in [1.29, 1.82) is 0 Å². The normalized spacial score (nSPS) is 17.1. The second kappa shape index (κ2) is 10.1. The van der Waals surface area contributed by atoms with Crippen LogP contribution in [0.2, 0.25) is 0 Å². The van der Waals surface area contributed by atoms with Gasteiger partial charge in [-0.1, -0.05) is 19.3 Å². The van der Waals surface area contributed by atoms with E-state index in [0.717, 1.165) is 19.3 Å². The summed E-state index contributed by atoms with van der Waals surface area (Å²) in [6, 6.07) is 0. The lowest BCUT2D eigenvalue weighted by Crippen LogP contribution is -2.42. The van der Waals surface area contributed by atoms with Gasteiger partial charge in [0, 0.05) is 13.5 Å². The number of hydrogen-bond donors (Lipinski definition) is 2. The molecule has 11 nitrogen and oxygen atoms in total. The van der Waals surface area contributed by atoms with Crippen LogP contribution in [0.3, 0.4) is 0 Å². The van der Waals surface area contributed by atoms with Gasteiger partial charge in [0.1, 0.15) is 6.61 Å². The Bertz CT molecular complexity index is 585. The molecule has 1 amide bonds. The van der Waals surface area contributed by atoms with E-state index < -0.39 is 46.8 Å². The number of rotatable bonds is 10. The molecule has 0 saturated heterocycles. The first-order valence-corrected chi connectivity index (χ1v) is 9.10. The molecule has 0 radical (unpaired) electrons. The molecule has 0 spiro atoms. The van der Waals surface area contributed by atoms with Gasteiger partial charge in [-0.2, -0.15) is 0 Å². The van der Waals surface area contributed by atoms with Gasteiger partial charge in [-0.15, -0.1) is 10.1 Å². The van der Waals surface area contributed by atoms with Crippen LogP contribution in [0.5, 0.6) is 0 Å². The second-order valence-electron chi connectivity index (χ2n) is 7.74. The van der Waals surface area contributed by atoms with E-state index in [1.54, 1.807) is 0 Å². The molecule has 1 aliphatic rings. The van der Waals surface area contributed by atoms with Crippen molar-refractivity contribution >= 4 is 18.0 Å². The number of nitrogens with zero attached hydrogens (tertiary/aromatic N) is 1. The molecule has 1 aliphatic carbocycles. The van der Waals surface area contributed by atoms with Crippen LogP contribution >= 0.6 is 0 Å². The smallest absolute Gasteiger partial charge is 0.410 e. The molecule has 0 aromatic heterocycles. The van der Waals surface area contributed by atoms with Crippen molar-refractivity contribution in [2.24, 2.45) is 10.8 Å². The summed E-state index contributed by atoms with van der Waals surface area (Å²) < 4.78 is 9.95. The van der Waals surface area contributed by atoms with Crippen molar-refractivity contribution in [3.05, 3.63) is 10.1 Å². The Hall–Kier alpha value is -2.59. The quantitative estimate of drug-likeness (QED) is 0.241. The third-order valence-corrected chi connectivity index (χ3v) is 4.68. The number of amides is 1. The first-order valence-electron chi connectivity index (χ1n) is 9.10. The summed E-state index contributed by atoms with van der Waals surface area (Å²) in [6.07, 6.45) is 2.14. The topological polar surface area (TPSA) is 154 Å². The van der Waals surface area contributed by atoms with Crippen molar-refractivity contribution in [1.82, 2.24) is 5.32 Å². The van der Waals surface area contributed by atoms with Gasteiger partial charge >= 0.3 is 18.0 Å². The Morgan fingerprint density at radius 2 is 1.82 bits per heavy atom. The molecule has 1 saturated carbocycles. The van der Waals surface area contributed by atoms with Crippen LogP contribution in [0.1, 0.15) is 59.3 Å². The molecule has 0 heterocycles. The fourth-order valence-corrected chi connectivity index (χ4v) is 3.10. The number of aliphatic carboxylic acids is 1. The number of nitrogens with one attached hydrogen (secondary N) is 1. The fourth-order valence-electron chi connectivity index (χ4n) is 3.10. The summed E-state index contributed by atoms with van der Waals surface area (Å²) in [5.41, 5.74) is -1.82. The minimum atomic E-state index is -1.31. The zero-order valence-electron chi connectivity index (χ0n) is 16.4. The Morgan fingerprint density at radius 1 is 1.21 bits per heavy atom. The highest BCUT2D eigenvalue weighted by atomic mass is 16.9. The largest absolute Gasteiger partial charge is 0.481 e. The number of carboxylic acid groups (broad SMARTS) is 1. The molecular formula is C17H28N2O9. The van der Waals surface area contributed by atoms with Gasteiger partial charge < -0.3 is 24.7 Å². The van der Waals surface area contributed by atoms with E-state index in [9.17, 15) is 24.5 Å². The van der Waals surface area contributed by atoms with Crippen molar-refractivity contribution in [3.63, 3.8) is 0 Å². The van der Waals surface area contributed by atoms with Crippen LogP contribution in [0, 0.1) is 20.9 Å². The summed E-state index contributed by atoms with van der Waals surface area (Å²) in [7, 11) is 0. The first-order chi connectivity index (χ1) is 13.0. The zero-order valence-corrected chi connectivity index (χ0v) is 16.4. The van der Waals surface area contributed by atoms with E-state index in [2.05, 4.69) is 10.2 Å². The van der Waals surface area contributed by atoms with Crippen molar-refractivity contribution in [2.75, 3.05) is 13.2 Å². The summed E-state index contributed by atoms with van der Waals surface area (Å²) in [4.78, 5) is 49.6. The number of carbonyl (C=O) groups excluding carboxylic acids is 2. The molecule has 0 aliphatic heterocycles. The number of hydrogen-bond acceptors (Lipinski definition) is 8. The van der Waals surface area contributed by atoms with Gasteiger partial charge in [0.15, 0.2) is 0 Å². The van der Waals surface area contributed by atoms with Crippen molar-refractivity contribution in [3.8, 4) is 0 Å². The molecule has 2 N–H and O–H groups in total. The van der Waals surface area contributed by atoms with E-state index in [4.69, 9.17) is 14.6 Å². The fraction of sp³-hybridized carbons (Fsp3) is 0.824. The Balaban J connectivity index is 2.49. The maximum absolute atomic E-state index is 12.0. The summed E-state index contributed by atoms with van der Waals surface area (Å²) >= 11 is 0. The molecule has 0 bridgehead atoms. The van der Waals surface area contributed by atoms with Crippen molar-refractivity contribution in [2.45, 2.75) is 65.6 Å². The third kappa shape index (κ3) is 7.97. The Kier molecular flexibility index (Phi) is 8.45. The molecule has 0 aromatic carbocycles. The van der Waals surface area contributed by atoms with Crippen LogP contribution in [0.25, 0.3) is 0 Å². The molecule has 28 heavy (non-hydrogen) atoms. The lowest BCUT2D eigenvalue weighted by Gasteiger charge is -2.36. The van der Waals surface area contributed by atoms with E-state index in [1.807, 2.05) is 0 Å². The molecule has 11 heteroatoms. The number of ether oxygens (including phenoxy) is 2. The number of esters is 1. The van der Waals surface area contributed by atoms with Gasteiger partial charge in [0.2, 0.25) is 6.29 Å². The molecule has 1 fully saturated rings. The molecule has 160 valence electrons. The van der Waals surface area contributed by atoms with Gasteiger partial charge in [-0.3, -0.25) is 9.59 Å². The molecular weight excluding hydrogens is 376 g/mol. The standard InChI is InChI=1S/C17H28N2O9/c1-12(27-14(22)16(2,3)11-26-19(24)25)28-15(23)18-10-17(9-13(20)21)7-5-4-6-8-17/h12H,4-11H2,1-3H3,(H,18,23)(H,20,21). The summed E-state index contributed by atoms with van der Waals surface area (Å²) in [6.45, 7) is 3.76. The molecule has 1 atom stereocenters. The Morgan fingerprint density at radius 3 is 2.36 bits per heavy atom. The lowest BCUT2D eigenvalue weighted by atomic mass is 9.72. The van der Waals surface area contributed by atoms with Gasteiger partial charge in [0.25, 0.3) is 5.09 Å². The van der Waals surface area contributed by atoms with Crippen LogP contribution in [0.15, 0.2) is 0 Å². The second-order valence-corrected chi connectivity index (χ2v) is 7.74. The van der Waals surface area contributed by atoms with Crippen LogP contribution in [-0.2, 0) is 23.9 Å². The van der Waals surface area contributed by atoms with Crippen molar-refractivity contribution < 1.29 is 38.9 Å². The minimum absolute atomic E-state index is 0.0392. The number of carbonyl (C=O) groups is 3.